The first-order valence-corrected chi connectivity index (χ1v) is 15.9. The fourth-order valence-corrected chi connectivity index (χ4v) is 9.86. The maximum absolute atomic E-state index is 12.2. The first-order chi connectivity index (χ1) is 18.1. The molecule has 4 heteroatoms. The Morgan fingerprint density at radius 1 is 1.03 bits per heavy atom. The lowest BCUT2D eigenvalue weighted by Gasteiger charge is -2.59. The molecule has 3 saturated carbocycles. The summed E-state index contributed by atoms with van der Waals surface area (Å²) < 4.78 is 0. The van der Waals surface area contributed by atoms with E-state index >= 15 is 0 Å². The van der Waals surface area contributed by atoms with Crippen LogP contribution >= 0.6 is 0 Å². The lowest BCUT2D eigenvalue weighted by atomic mass is 9.45. The van der Waals surface area contributed by atoms with Crippen molar-refractivity contribution in [2.75, 3.05) is 7.05 Å². The number of phenolic OH excluding ortho intramolecular Hbond substituents is 1. The minimum Gasteiger partial charge on any atom is -0.508 e. The number of unbranched alkanes of at least 4 members (excludes halogenated alkanes) is 6. The molecule has 0 aliphatic heterocycles. The van der Waals surface area contributed by atoms with E-state index in [0.717, 1.165) is 32.1 Å². The molecule has 1 amide bonds. The van der Waals surface area contributed by atoms with Crippen LogP contribution in [0.2, 0.25) is 0 Å². The number of rotatable bonds is 11. The van der Waals surface area contributed by atoms with Crippen LogP contribution in [0.1, 0.15) is 134 Å². The van der Waals surface area contributed by atoms with Crippen LogP contribution in [0.4, 0.5) is 0 Å². The standard InChI is InChI=1S/C34H53NO3/c1-24(2)35(4)30(37)13-11-9-7-5-6-8-10-12-26-23-32(3)33(18-20-34(32,38)21-19-33)29-17-14-25-22-27(36)15-16-28(25)31(26)29/h15-16,22,24,26,29,31,36,38H,5-14,17-21,23H2,1-4H3/t26-,29?,31?,32-,33?,34?/m0/s1. The van der Waals surface area contributed by atoms with Crippen LogP contribution in [-0.2, 0) is 11.2 Å². The number of phenols is 1. The zero-order valence-electron chi connectivity index (χ0n) is 24.6. The predicted octanol–water partition coefficient (Wildman–Crippen LogP) is 7.75. The van der Waals surface area contributed by atoms with Crippen molar-refractivity contribution >= 4 is 5.91 Å². The van der Waals surface area contributed by atoms with E-state index in [2.05, 4.69) is 26.8 Å². The molecule has 38 heavy (non-hydrogen) atoms. The Bertz CT molecular complexity index is 993. The van der Waals surface area contributed by atoms with Gasteiger partial charge in [0.25, 0.3) is 0 Å². The average molecular weight is 524 g/mol. The Balaban J connectivity index is 1.16. The molecule has 2 bridgehead atoms. The van der Waals surface area contributed by atoms with E-state index in [1.165, 1.54) is 75.3 Å². The molecule has 0 heterocycles. The summed E-state index contributed by atoms with van der Waals surface area (Å²) in [6.45, 7) is 6.61. The second-order valence-electron chi connectivity index (χ2n) is 14.2. The minimum atomic E-state index is -0.448. The third kappa shape index (κ3) is 4.61. The molecule has 4 atom stereocenters. The monoisotopic (exact) mass is 523 g/mol. The summed E-state index contributed by atoms with van der Waals surface area (Å²) in [6, 6.07) is 6.48. The minimum absolute atomic E-state index is 0.0708. The number of hydrogen-bond acceptors (Lipinski definition) is 3. The number of benzene rings is 1. The molecule has 0 aromatic heterocycles. The number of hydrogen-bond donors (Lipinski definition) is 2. The van der Waals surface area contributed by atoms with Gasteiger partial charge in [-0.1, -0.05) is 51.5 Å². The molecule has 4 nitrogen and oxygen atoms in total. The molecule has 4 aliphatic rings. The maximum atomic E-state index is 12.2. The van der Waals surface area contributed by atoms with Crippen LogP contribution in [0.3, 0.4) is 0 Å². The van der Waals surface area contributed by atoms with Gasteiger partial charge in [-0.15, -0.1) is 0 Å². The fourth-order valence-electron chi connectivity index (χ4n) is 9.86. The SMILES string of the molecule is CC(C)N(C)C(=O)CCCCCCCCC[C@H]1C[C@]2(C)C3(O)CCC2(CC3)C2CCc3cc(O)ccc3C21. The van der Waals surface area contributed by atoms with Gasteiger partial charge in [-0.3, -0.25) is 4.79 Å². The molecule has 4 aliphatic carbocycles. The molecule has 212 valence electrons. The summed E-state index contributed by atoms with van der Waals surface area (Å²) in [7, 11) is 1.91. The molecule has 2 N–H and O–H groups in total. The third-order valence-corrected chi connectivity index (χ3v) is 12.3. The number of aromatic hydroxyl groups is 1. The van der Waals surface area contributed by atoms with Gasteiger partial charge < -0.3 is 15.1 Å². The van der Waals surface area contributed by atoms with Crippen molar-refractivity contribution in [1.82, 2.24) is 4.90 Å². The van der Waals surface area contributed by atoms with Crippen molar-refractivity contribution in [3.8, 4) is 5.75 Å². The van der Waals surface area contributed by atoms with Gasteiger partial charge in [-0.25, -0.2) is 0 Å². The van der Waals surface area contributed by atoms with E-state index in [1.54, 1.807) is 0 Å². The van der Waals surface area contributed by atoms with Crippen molar-refractivity contribution in [1.29, 1.82) is 0 Å². The lowest BCUT2D eigenvalue weighted by Crippen LogP contribution is -2.54. The summed E-state index contributed by atoms with van der Waals surface area (Å²) in [4.78, 5) is 14.0. The normalized spacial score (nSPS) is 35.2. The van der Waals surface area contributed by atoms with E-state index in [9.17, 15) is 15.0 Å². The van der Waals surface area contributed by atoms with E-state index in [4.69, 9.17) is 0 Å². The van der Waals surface area contributed by atoms with Gasteiger partial charge in [0.05, 0.1) is 5.60 Å². The highest BCUT2D eigenvalue weighted by Gasteiger charge is 2.74. The van der Waals surface area contributed by atoms with Crippen LogP contribution in [0.25, 0.3) is 0 Å². The number of carbonyl (C=O) groups excluding carboxylic acids is 1. The van der Waals surface area contributed by atoms with E-state index in [0.29, 0.717) is 35.3 Å². The predicted molar refractivity (Wildman–Crippen MR) is 154 cm³/mol. The van der Waals surface area contributed by atoms with Crippen LogP contribution in [0.5, 0.6) is 5.75 Å². The Labute approximate surface area is 231 Å². The summed E-state index contributed by atoms with van der Waals surface area (Å²) in [5.41, 5.74) is 2.82. The van der Waals surface area contributed by atoms with Gasteiger partial charge in [0, 0.05) is 24.9 Å². The number of aryl methyl sites for hydroxylation is 1. The summed E-state index contributed by atoms with van der Waals surface area (Å²) in [6.07, 6.45) is 18.4. The molecule has 2 unspecified atom stereocenters. The van der Waals surface area contributed by atoms with Crippen molar-refractivity contribution in [2.45, 2.75) is 141 Å². The van der Waals surface area contributed by atoms with Gasteiger partial charge in [0.15, 0.2) is 0 Å². The lowest BCUT2D eigenvalue weighted by molar-refractivity contribution is -0.131. The van der Waals surface area contributed by atoms with Crippen LogP contribution < -0.4 is 0 Å². The molecule has 0 radical (unpaired) electrons. The highest BCUT2D eigenvalue weighted by Crippen LogP contribution is 2.78. The highest BCUT2D eigenvalue weighted by atomic mass is 16.3. The number of amides is 1. The van der Waals surface area contributed by atoms with Crippen molar-refractivity contribution in [3.05, 3.63) is 29.3 Å². The van der Waals surface area contributed by atoms with Crippen LogP contribution in [-0.4, -0.2) is 39.7 Å². The largest absolute Gasteiger partial charge is 0.508 e. The van der Waals surface area contributed by atoms with Crippen molar-refractivity contribution in [3.63, 3.8) is 0 Å². The topological polar surface area (TPSA) is 60.8 Å². The Morgan fingerprint density at radius 2 is 1.68 bits per heavy atom. The van der Waals surface area contributed by atoms with Gasteiger partial charge in [0.1, 0.15) is 5.75 Å². The fraction of sp³-hybridized carbons (Fsp3) is 0.794. The second kappa shape index (κ2) is 10.8. The Hall–Kier alpha value is -1.55. The molecular weight excluding hydrogens is 470 g/mol. The van der Waals surface area contributed by atoms with Crippen molar-refractivity contribution < 1.29 is 15.0 Å². The van der Waals surface area contributed by atoms with E-state index in [1.807, 2.05) is 24.1 Å². The van der Waals surface area contributed by atoms with E-state index < -0.39 is 5.60 Å². The first kappa shape index (κ1) is 28.0. The number of nitrogens with zero attached hydrogens (tertiary/aromatic N) is 1. The molecule has 5 rings (SSSR count). The van der Waals surface area contributed by atoms with Gasteiger partial charge >= 0.3 is 0 Å². The Kier molecular flexibility index (Phi) is 7.95. The summed E-state index contributed by atoms with van der Waals surface area (Å²) in [5, 5.41) is 22.0. The molecule has 0 spiro atoms. The zero-order valence-corrected chi connectivity index (χ0v) is 24.6. The summed E-state index contributed by atoms with van der Waals surface area (Å²) in [5.74, 6) is 2.59. The quantitative estimate of drug-likeness (QED) is 0.292. The average Bonchev–Trinajstić information content (AvgIpc) is 3.26. The molecule has 0 saturated heterocycles. The number of carbonyl (C=O) groups is 1. The first-order valence-electron chi connectivity index (χ1n) is 15.9. The van der Waals surface area contributed by atoms with Crippen molar-refractivity contribution in [2.24, 2.45) is 22.7 Å². The van der Waals surface area contributed by atoms with Crippen LogP contribution in [0.15, 0.2) is 18.2 Å². The second-order valence-corrected chi connectivity index (χ2v) is 14.2. The molecular formula is C34H53NO3. The maximum Gasteiger partial charge on any atom is 0.222 e. The highest BCUT2D eigenvalue weighted by molar-refractivity contribution is 5.76. The number of aliphatic hydroxyl groups is 1. The smallest absolute Gasteiger partial charge is 0.222 e. The van der Waals surface area contributed by atoms with E-state index in [-0.39, 0.29) is 17.4 Å². The van der Waals surface area contributed by atoms with Gasteiger partial charge in [-0.2, -0.15) is 0 Å². The zero-order chi connectivity index (χ0) is 27.1. The number of fused-ring (bicyclic) bond motifs is 3. The Morgan fingerprint density at radius 3 is 2.37 bits per heavy atom. The summed E-state index contributed by atoms with van der Waals surface area (Å²) >= 11 is 0. The molecule has 1 aromatic carbocycles. The third-order valence-electron chi connectivity index (χ3n) is 12.3. The molecule has 1 aromatic rings. The van der Waals surface area contributed by atoms with Gasteiger partial charge in [-0.05, 0) is 118 Å². The molecule has 3 fully saturated rings. The van der Waals surface area contributed by atoms with Gasteiger partial charge in [0.2, 0.25) is 5.91 Å². The van der Waals surface area contributed by atoms with Crippen LogP contribution in [0, 0.1) is 22.7 Å².